The Balaban J connectivity index is 2.29. The molecule has 4 nitrogen and oxygen atoms in total. The summed E-state index contributed by atoms with van der Waals surface area (Å²) in [4.78, 5) is 17.6. The third-order valence-electron chi connectivity index (χ3n) is 3.46. The van der Waals surface area contributed by atoms with E-state index in [-0.39, 0.29) is 11.9 Å². The van der Waals surface area contributed by atoms with E-state index in [2.05, 4.69) is 9.72 Å². The minimum absolute atomic E-state index is 0.216. The van der Waals surface area contributed by atoms with Crippen LogP contribution in [-0.4, -0.2) is 25.1 Å². The second-order valence-electron chi connectivity index (χ2n) is 4.70. The molecular formula is C16H17FN2O2. The molecule has 2 aromatic rings. The summed E-state index contributed by atoms with van der Waals surface area (Å²) in [6.45, 7) is 1.88. The van der Waals surface area contributed by atoms with Crippen molar-refractivity contribution in [2.75, 3.05) is 19.1 Å². The van der Waals surface area contributed by atoms with E-state index < -0.39 is 5.97 Å². The molecule has 1 aromatic heterocycles. The van der Waals surface area contributed by atoms with Gasteiger partial charge in [-0.25, -0.2) is 14.2 Å². The molecule has 0 bridgehead atoms. The van der Waals surface area contributed by atoms with Crippen LogP contribution in [0.3, 0.4) is 0 Å². The zero-order chi connectivity index (χ0) is 15.4. The Kier molecular flexibility index (Phi) is 4.52. The van der Waals surface area contributed by atoms with Gasteiger partial charge in [-0.05, 0) is 25.1 Å². The van der Waals surface area contributed by atoms with Crippen LogP contribution < -0.4 is 4.90 Å². The third kappa shape index (κ3) is 3.18. The Morgan fingerprint density at radius 3 is 2.71 bits per heavy atom. The van der Waals surface area contributed by atoms with Crippen LogP contribution in [0.25, 0.3) is 0 Å². The molecule has 0 aliphatic rings. The average Bonchev–Trinajstić information content (AvgIpc) is 2.53. The summed E-state index contributed by atoms with van der Waals surface area (Å²) in [5, 5.41) is 0. The van der Waals surface area contributed by atoms with Crippen molar-refractivity contribution in [3.05, 3.63) is 59.5 Å². The van der Waals surface area contributed by atoms with Crippen molar-refractivity contribution >= 4 is 11.8 Å². The van der Waals surface area contributed by atoms with E-state index in [9.17, 15) is 9.18 Å². The summed E-state index contributed by atoms with van der Waals surface area (Å²) < 4.78 is 18.5. The summed E-state index contributed by atoms with van der Waals surface area (Å²) in [5.74, 6) is -0.111. The molecule has 0 aliphatic heterocycles. The Morgan fingerprint density at radius 2 is 2.05 bits per heavy atom. The molecule has 5 heteroatoms. The number of benzene rings is 1. The fourth-order valence-electron chi connectivity index (χ4n) is 2.08. The van der Waals surface area contributed by atoms with Gasteiger partial charge < -0.3 is 9.64 Å². The van der Waals surface area contributed by atoms with Gasteiger partial charge in [-0.15, -0.1) is 0 Å². The van der Waals surface area contributed by atoms with E-state index >= 15 is 0 Å². The smallest absolute Gasteiger partial charge is 0.338 e. The van der Waals surface area contributed by atoms with Crippen LogP contribution in [0.4, 0.5) is 10.2 Å². The molecule has 2 rings (SSSR count). The van der Waals surface area contributed by atoms with Crippen molar-refractivity contribution in [2.24, 2.45) is 0 Å². The predicted molar refractivity (Wildman–Crippen MR) is 78.8 cm³/mol. The monoisotopic (exact) mass is 288 g/mol. The normalized spacial score (nSPS) is 11.8. The number of carbonyl (C=O) groups is 1. The van der Waals surface area contributed by atoms with Gasteiger partial charge in [-0.3, -0.25) is 0 Å². The summed E-state index contributed by atoms with van der Waals surface area (Å²) in [6, 6.07) is 9.60. The van der Waals surface area contributed by atoms with Crippen molar-refractivity contribution in [1.82, 2.24) is 4.98 Å². The number of anilines is 1. The number of rotatable bonds is 4. The van der Waals surface area contributed by atoms with Gasteiger partial charge in [0.1, 0.15) is 11.6 Å². The Bertz CT molecular complexity index is 646. The molecule has 0 amide bonds. The van der Waals surface area contributed by atoms with Gasteiger partial charge in [-0.2, -0.15) is 0 Å². The number of esters is 1. The van der Waals surface area contributed by atoms with Crippen LogP contribution in [0.5, 0.6) is 0 Å². The van der Waals surface area contributed by atoms with Crippen LogP contribution in [0, 0.1) is 5.82 Å². The Hall–Kier alpha value is -2.43. The van der Waals surface area contributed by atoms with E-state index in [1.807, 2.05) is 11.8 Å². The maximum Gasteiger partial charge on any atom is 0.338 e. The quantitative estimate of drug-likeness (QED) is 0.810. The molecule has 0 spiro atoms. The van der Waals surface area contributed by atoms with Gasteiger partial charge in [0.25, 0.3) is 0 Å². The summed E-state index contributed by atoms with van der Waals surface area (Å²) in [7, 11) is 3.13. The topological polar surface area (TPSA) is 42.4 Å². The lowest BCUT2D eigenvalue weighted by Gasteiger charge is -2.26. The molecule has 1 heterocycles. The Labute approximate surface area is 123 Å². The largest absolute Gasteiger partial charge is 0.465 e. The number of aromatic nitrogens is 1. The molecule has 1 atom stereocenters. The Morgan fingerprint density at radius 1 is 1.33 bits per heavy atom. The minimum Gasteiger partial charge on any atom is -0.465 e. The molecule has 0 saturated heterocycles. The number of ether oxygens (including phenoxy) is 1. The first-order chi connectivity index (χ1) is 10.0. The number of hydrogen-bond donors (Lipinski definition) is 0. The van der Waals surface area contributed by atoms with Crippen molar-refractivity contribution in [2.45, 2.75) is 13.0 Å². The number of methoxy groups -OCH3 is 1. The first-order valence-corrected chi connectivity index (χ1v) is 6.56. The maximum atomic E-state index is 13.9. The molecule has 0 fully saturated rings. The summed E-state index contributed by atoms with van der Waals surface area (Å²) in [5.41, 5.74) is 0.986. The first kappa shape index (κ1) is 15.0. The SMILES string of the molecule is COC(=O)c1ccnc(N(C)C(C)c2ccccc2F)c1. The molecule has 0 N–H and O–H groups in total. The highest BCUT2D eigenvalue weighted by atomic mass is 19.1. The van der Waals surface area contributed by atoms with Gasteiger partial charge >= 0.3 is 5.97 Å². The van der Waals surface area contributed by atoms with E-state index in [4.69, 9.17) is 0 Å². The van der Waals surface area contributed by atoms with Crippen molar-refractivity contribution < 1.29 is 13.9 Å². The zero-order valence-corrected chi connectivity index (χ0v) is 12.2. The number of hydrogen-bond acceptors (Lipinski definition) is 4. The molecule has 0 saturated carbocycles. The lowest BCUT2D eigenvalue weighted by Crippen LogP contribution is -2.23. The van der Waals surface area contributed by atoms with Gasteiger partial charge in [-0.1, -0.05) is 18.2 Å². The highest BCUT2D eigenvalue weighted by Gasteiger charge is 2.17. The zero-order valence-electron chi connectivity index (χ0n) is 12.2. The fourth-order valence-corrected chi connectivity index (χ4v) is 2.08. The van der Waals surface area contributed by atoms with Crippen LogP contribution in [0.2, 0.25) is 0 Å². The summed E-state index contributed by atoms with van der Waals surface area (Å²) in [6.07, 6.45) is 1.53. The second kappa shape index (κ2) is 6.35. The molecule has 0 radical (unpaired) electrons. The number of nitrogens with zero attached hydrogens (tertiary/aromatic N) is 2. The maximum absolute atomic E-state index is 13.9. The first-order valence-electron chi connectivity index (χ1n) is 6.56. The van der Waals surface area contributed by atoms with Crippen LogP contribution >= 0.6 is 0 Å². The van der Waals surface area contributed by atoms with E-state index in [1.165, 1.54) is 19.4 Å². The van der Waals surface area contributed by atoms with Gasteiger partial charge in [0.05, 0.1) is 18.7 Å². The molecule has 1 unspecified atom stereocenters. The van der Waals surface area contributed by atoms with Crippen LogP contribution in [0.1, 0.15) is 28.9 Å². The molecule has 21 heavy (non-hydrogen) atoms. The lowest BCUT2D eigenvalue weighted by atomic mass is 10.1. The minimum atomic E-state index is -0.425. The van der Waals surface area contributed by atoms with Gasteiger partial charge in [0.15, 0.2) is 0 Å². The summed E-state index contributed by atoms with van der Waals surface area (Å²) >= 11 is 0. The highest BCUT2D eigenvalue weighted by molar-refractivity contribution is 5.90. The molecule has 0 aliphatic carbocycles. The van der Waals surface area contributed by atoms with E-state index in [0.29, 0.717) is 16.9 Å². The fraction of sp³-hybridized carbons (Fsp3) is 0.250. The van der Waals surface area contributed by atoms with Crippen LogP contribution in [-0.2, 0) is 4.74 Å². The second-order valence-corrected chi connectivity index (χ2v) is 4.70. The van der Waals surface area contributed by atoms with Crippen molar-refractivity contribution in [3.8, 4) is 0 Å². The van der Waals surface area contributed by atoms with Crippen LogP contribution in [0.15, 0.2) is 42.6 Å². The lowest BCUT2D eigenvalue weighted by molar-refractivity contribution is 0.0600. The highest BCUT2D eigenvalue weighted by Crippen LogP contribution is 2.26. The van der Waals surface area contributed by atoms with Gasteiger partial charge in [0.2, 0.25) is 0 Å². The van der Waals surface area contributed by atoms with Crippen molar-refractivity contribution in [1.29, 1.82) is 0 Å². The number of pyridine rings is 1. The molecular weight excluding hydrogens is 271 g/mol. The standard InChI is InChI=1S/C16H17FN2O2/c1-11(13-6-4-5-7-14(13)17)19(2)15-10-12(8-9-18-15)16(20)21-3/h4-11H,1-3H3. The average molecular weight is 288 g/mol. The third-order valence-corrected chi connectivity index (χ3v) is 3.46. The predicted octanol–water partition coefficient (Wildman–Crippen LogP) is 3.20. The molecule has 1 aromatic carbocycles. The van der Waals surface area contributed by atoms with Crippen molar-refractivity contribution in [3.63, 3.8) is 0 Å². The van der Waals surface area contributed by atoms with Gasteiger partial charge in [0, 0.05) is 18.8 Å². The van der Waals surface area contributed by atoms with E-state index in [1.54, 1.807) is 37.4 Å². The number of halogens is 1. The number of carbonyl (C=O) groups excluding carboxylic acids is 1. The van der Waals surface area contributed by atoms with E-state index in [0.717, 1.165) is 0 Å². The molecule has 110 valence electrons.